The number of anilines is 1. The summed E-state index contributed by atoms with van der Waals surface area (Å²) in [5.74, 6) is -8.12. The number of fused-ring (bicyclic) bond motifs is 3. The third kappa shape index (κ3) is 4.71. The van der Waals surface area contributed by atoms with E-state index in [1.54, 1.807) is 44.1 Å². The van der Waals surface area contributed by atoms with Crippen LogP contribution in [-0.4, -0.2) is 89.3 Å². The van der Waals surface area contributed by atoms with Gasteiger partial charge in [-0.3, -0.25) is 14.5 Å². The van der Waals surface area contributed by atoms with Crippen LogP contribution in [0.4, 0.5) is 14.5 Å². The number of Topliss-reactive ketones (excluding diaryl/α,β-unsaturated/α-hetero) is 1. The van der Waals surface area contributed by atoms with Gasteiger partial charge in [-0.05, 0) is 57.3 Å². The summed E-state index contributed by atoms with van der Waals surface area (Å²) in [4.78, 5) is 29.9. The number of aromatic hydroxyl groups is 1. The zero-order valence-corrected chi connectivity index (χ0v) is 23.5. The molecule has 4 rings (SSSR count). The number of phenols is 1. The van der Waals surface area contributed by atoms with Crippen LogP contribution < -0.4 is 16.0 Å². The summed E-state index contributed by atoms with van der Waals surface area (Å²) in [6.45, 7) is 1.30. The van der Waals surface area contributed by atoms with Crippen molar-refractivity contribution in [1.29, 1.82) is 0 Å². The lowest BCUT2D eigenvalue weighted by Gasteiger charge is -2.52. The number of allylic oxidation sites excluding steroid dienone is 1. The van der Waals surface area contributed by atoms with Crippen molar-refractivity contribution in [2.75, 3.05) is 39.6 Å². The quantitative estimate of drug-likeness (QED) is 0.291. The fourth-order valence-electron chi connectivity index (χ4n) is 6.94. The molecule has 0 aliphatic heterocycles. The highest BCUT2D eigenvalue weighted by Gasteiger charge is 2.60. The molecule has 1 amide bonds. The number of halogens is 2. The lowest BCUT2D eigenvalue weighted by molar-refractivity contribution is -0.139. The van der Waals surface area contributed by atoms with Crippen LogP contribution >= 0.6 is 0 Å². The first kappa shape index (κ1) is 29.8. The van der Waals surface area contributed by atoms with Gasteiger partial charge in [0.2, 0.25) is 0 Å². The number of rotatable bonds is 7. The number of carbonyl (C=O) groups excluding carboxylic acids is 2. The van der Waals surface area contributed by atoms with Gasteiger partial charge in [-0.2, -0.15) is 0 Å². The number of hydrogen-bond donors (Lipinski definition) is 6. The first-order valence-corrected chi connectivity index (χ1v) is 13.1. The Morgan fingerprint density at radius 2 is 1.85 bits per heavy atom. The molecular formula is C28H38F2N4O6. The van der Waals surface area contributed by atoms with Gasteiger partial charge in [0.15, 0.2) is 5.78 Å². The average Bonchev–Trinajstić information content (AvgIpc) is 2.77. The third-order valence-electron chi connectivity index (χ3n) is 8.44. The first-order valence-electron chi connectivity index (χ1n) is 13.1. The minimum Gasteiger partial charge on any atom is -0.510 e. The highest BCUT2D eigenvalue weighted by atomic mass is 19.3. The first-order chi connectivity index (χ1) is 18.4. The number of nitrogens with two attached hydrogens (primary N) is 1. The summed E-state index contributed by atoms with van der Waals surface area (Å²) >= 11 is 0. The normalized spacial score (nSPS) is 28.4. The Morgan fingerprint density at radius 3 is 2.38 bits per heavy atom. The Bertz CT molecular complexity index is 1310. The Labute approximate surface area is 231 Å². The van der Waals surface area contributed by atoms with Gasteiger partial charge in [-0.15, -0.1) is 0 Å². The third-order valence-corrected chi connectivity index (χ3v) is 8.44. The van der Waals surface area contributed by atoms with Crippen LogP contribution in [0.1, 0.15) is 37.0 Å². The van der Waals surface area contributed by atoms with E-state index in [9.17, 15) is 38.8 Å². The number of nitrogens with one attached hydrogen (secondary N) is 1. The number of phenolic OH excluding ortho intramolecular Hbond substituents is 1. The molecule has 10 nitrogen and oxygen atoms in total. The molecule has 220 valence electrons. The number of amides is 1. The Kier molecular flexibility index (Phi) is 7.44. The molecular weight excluding hydrogens is 526 g/mol. The van der Waals surface area contributed by atoms with E-state index in [-0.39, 0.29) is 47.6 Å². The van der Waals surface area contributed by atoms with Crippen molar-refractivity contribution < 1.29 is 38.8 Å². The van der Waals surface area contributed by atoms with Crippen LogP contribution in [0.3, 0.4) is 0 Å². The minimum atomic E-state index is -2.97. The Balaban J connectivity index is 1.88. The van der Waals surface area contributed by atoms with E-state index < -0.39 is 64.9 Å². The van der Waals surface area contributed by atoms with Crippen molar-refractivity contribution >= 4 is 23.1 Å². The molecule has 0 bridgehead atoms. The molecule has 0 saturated heterocycles. The number of nitrogens with zero attached hydrogens (tertiary/aromatic N) is 2. The smallest absolute Gasteiger partial charge is 0.257 e. The highest BCUT2D eigenvalue weighted by Crippen LogP contribution is 2.55. The number of hydrogen-bond acceptors (Lipinski definition) is 9. The summed E-state index contributed by atoms with van der Waals surface area (Å²) in [5.41, 5.74) is 4.52. The van der Waals surface area contributed by atoms with Crippen molar-refractivity contribution in [2.45, 2.75) is 50.8 Å². The van der Waals surface area contributed by atoms with Crippen LogP contribution in [0.15, 0.2) is 23.0 Å². The maximum Gasteiger partial charge on any atom is 0.257 e. The zero-order valence-electron chi connectivity index (χ0n) is 23.5. The van der Waals surface area contributed by atoms with Gasteiger partial charge < -0.3 is 36.4 Å². The summed E-state index contributed by atoms with van der Waals surface area (Å²) in [6.07, 6.45) is 0.549. The van der Waals surface area contributed by atoms with Crippen LogP contribution in [0, 0.1) is 17.8 Å². The molecule has 40 heavy (non-hydrogen) atoms. The number of primary amides is 1. The molecule has 0 heterocycles. The topological polar surface area (TPSA) is 160 Å². The number of aliphatic hydroxyl groups is 3. The molecule has 12 heteroatoms. The zero-order chi connectivity index (χ0) is 30.1. The summed E-state index contributed by atoms with van der Waals surface area (Å²) in [5, 5.41) is 47.9. The molecule has 4 unspecified atom stereocenters. The number of carbonyl (C=O) groups is 2. The van der Waals surface area contributed by atoms with E-state index in [2.05, 4.69) is 5.32 Å². The van der Waals surface area contributed by atoms with Gasteiger partial charge in [0, 0.05) is 44.4 Å². The van der Waals surface area contributed by atoms with Gasteiger partial charge in [-0.1, -0.05) is 0 Å². The second-order valence-corrected chi connectivity index (χ2v) is 11.9. The van der Waals surface area contributed by atoms with Crippen molar-refractivity contribution in [2.24, 2.45) is 23.5 Å². The van der Waals surface area contributed by atoms with E-state index in [1.165, 1.54) is 6.92 Å². The van der Waals surface area contributed by atoms with Crippen LogP contribution in [0.25, 0.3) is 5.76 Å². The lowest BCUT2D eigenvalue weighted by Crippen LogP contribution is -2.61. The van der Waals surface area contributed by atoms with Gasteiger partial charge in [0.05, 0.1) is 29.6 Å². The largest absolute Gasteiger partial charge is 0.510 e. The highest BCUT2D eigenvalue weighted by molar-refractivity contribution is 6.08. The fraction of sp³-hybridized carbons (Fsp3) is 0.571. The number of ketones is 1. The van der Waals surface area contributed by atoms with E-state index >= 15 is 0 Å². The second kappa shape index (κ2) is 10.0. The standard InChI is InChI=1S/C28H38F2N4O6/c1-27(29,30)11-32-10-13-9-16(33(3)4)14-7-12-8-15-19(24(37)17(12)23(36)18(14)22(13)35)28(2,40)20(26(31)39)25(38)21(15)34(5)6/h9,12,15,19,21,32,35-36,38,40H,7-8,10-11H2,1-6H3,(H2,31,39)/t12?,15?,19?,21-,28?/m0/s1. The van der Waals surface area contributed by atoms with Crippen molar-refractivity contribution in [3.8, 4) is 5.75 Å². The van der Waals surface area contributed by atoms with Crippen LogP contribution in [0.2, 0.25) is 0 Å². The average molecular weight is 565 g/mol. The van der Waals surface area contributed by atoms with E-state index in [0.717, 1.165) is 6.92 Å². The predicted octanol–water partition coefficient (Wildman–Crippen LogP) is 1.84. The van der Waals surface area contributed by atoms with E-state index in [1.807, 2.05) is 0 Å². The van der Waals surface area contributed by atoms with E-state index in [4.69, 9.17) is 5.73 Å². The predicted molar refractivity (Wildman–Crippen MR) is 145 cm³/mol. The molecule has 1 saturated carbocycles. The fourth-order valence-corrected chi connectivity index (χ4v) is 6.94. The number of likely N-dealkylation sites (N-methyl/N-ethyl adjacent to an activating group) is 1. The Hall–Kier alpha value is -3.22. The van der Waals surface area contributed by atoms with Gasteiger partial charge >= 0.3 is 0 Å². The van der Waals surface area contributed by atoms with Crippen molar-refractivity contribution in [3.63, 3.8) is 0 Å². The maximum atomic E-state index is 14.1. The van der Waals surface area contributed by atoms with Gasteiger partial charge in [0.1, 0.15) is 22.9 Å². The Morgan fingerprint density at radius 1 is 1.23 bits per heavy atom. The summed E-state index contributed by atoms with van der Waals surface area (Å²) < 4.78 is 26.8. The van der Waals surface area contributed by atoms with Gasteiger partial charge in [-0.25, -0.2) is 8.78 Å². The van der Waals surface area contributed by atoms with Crippen molar-refractivity contribution in [1.82, 2.24) is 10.2 Å². The molecule has 3 aliphatic rings. The summed E-state index contributed by atoms with van der Waals surface area (Å²) in [7, 11) is 6.92. The monoisotopic (exact) mass is 564 g/mol. The van der Waals surface area contributed by atoms with Crippen LogP contribution in [0.5, 0.6) is 5.75 Å². The second-order valence-electron chi connectivity index (χ2n) is 11.9. The van der Waals surface area contributed by atoms with Crippen molar-refractivity contribution in [3.05, 3.63) is 39.7 Å². The number of benzene rings is 1. The molecule has 3 aliphatic carbocycles. The molecule has 0 aromatic heterocycles. The van der Waals surface area contributed by atoms with Gasteiger partial charge in [0.25, 0.3) is 11.8 Å². The van der Waals surface area contributed by atoms with Crippen LogP contribution in [-0.2, 0) is 22.6 Å². The summed E-state index contributed by atoms with van der Waals surface area (Å²) in [6, 6.07) is 0.885. The number of aliphatic hydroxyl groups excluding tert-OH is 2. The molecule has 1 fully saturated rings. The molecule has 0 radical (unpaired) electrons. The molecule has 0 spiro atoms. The number of alkyl halides is 2. The lowest BCUT2D eigenvalue weighted by atomic mass is 9.55. The molecule has 1 aromatic carbocycles. The molecule has 1 aromatic rings. The molecule has 5 atom stereocenters. The SMILES string of the molecule is CN(C)c1cc(CNCC(C)(F)F)c(O)c2c1CC1CC3C(C(=O)C1=C2O)C(C)(O)C(C(N)=O)=C(O)[C@H]3N(C)C. The molecule has 7 N–H and O–H groups in total. The minimum absolute atomic E-state index is 0.0157. The van der Waals surface area contributed by atoms with E-state index in [0.29, 0.717) is 11.3 Å². The maximum absolute atomic E-state index is 14.1.